The number of amides is 1. The van der Waals surface area contributed by atoms with Crippen molar-refractivity contribution in [1.29, 1.82) is 0 Å². The Kier molecular flexibility index (Phi) is 4.09. The van der Waals surface area contributed by atoms with Crippen molar-refractivity contribution < 1.29 is 14.7 Å². The summed E-state index contributed by atoms with van der Waals surface area (Å²) in [6.45, 7) is 1.96. The number of carbonyl (C=O) groups is 2. The highest BCUT2D eigenvalue weighted by Gasteiger charge is 2.41. The van der Waals surface area contributed by atoms with Gasteiger partial charge in [0.25, 0.3) is 0 Å². The topological polar surface area (TPSA) is 92.4 Å². The standard InChI is InChI=1S/C15H20N2O3/c1-10-3-5-11(6-4-10)13(16)14(20)17-15(7-2-8-15)9-12(18)19/h3-6,13H,2,7-9,16H2,1H3,(H,17,20)(H,18,19). The number of carboxylic acid groups (broad SMARTS) is 1. The fourth-order valence-corrected chi connectivity index (χ4v) is 2.50. The molecule has 1 amide bonds. The minimum absolute atomic E-state index is 0.0423. The van der Waals surface area contributed by atoms with Crippen LogP contribution in [0.25, 0.3) is 0 Å². The van der Waals surface area contributed by atoms with E-state index in [0.29, 0.717) is 12.8 Å². The molecule has 0 radical (unpaired) electrons. The molecular formula is C15H20N2O3. The number of benzene rings is 1. The van der Waals surface area contributed by atoms with E-state index in [1.165, 1.54) is 0 Å². The van der Waals surface area contributed by atoms with Crippen LogP contribution in [-0.2, 0) is 9.59 Å². The lowest BCUT2D eigenvalue weighted by atomic mass is 9.74. The van der Waals surface area contributed by atoms with E-state index in [1.807, 2.05) is 31.2 Å². The molecule has 4 N–H and O–H groups in total. The van der Waals surface area contributed by atoms with Gasteiger partial charge in [0.1, 0.15) is 6.04 Å². The lowest BCUT2D eigenvalue weighted by Crippen LogP contribution is -2.56. The Bertz CT molecular complexity index is 506. The van der Waals surface area contributed by atoms with Crippen molar-refractivity contribution in [2.24, 2.45) is 5.73 Å². The summed E-state index contributed by atoms with van der Waals surface area (Å²) in [5.74, 6) is -1.20. The van der Waals surface area contributed by atoms with Crippen LogP contribution in [0.1, 0.15) is 42.9 Å². The predicted octanol–water partition coefficient (Wildman–Crippen LogP) is 1.51. The van der Waals surface area contributed by atoms with Gasteiger partial charge in [-0.3, -0.25) is 9.59 Å². The number of nitrogens with two attached hydrogens (primary N) is 1. The zero-order valence-electron chi connectivity index (χ0n) is 11.6. The molecule has 1 aromatic rings. The molecule has 2 rings (SSSR count). The zero-order valence-corrected chi connectivity index (χ0v) is 11.6. The fraction of sp³-hybridized carbons (Fsp3) is 0.467. The molecule has 0 bridgehead atoms. The average molecular weight is 276 g/mol. The minimum Gasteiger partial charge on any atom is -0.481 e. The second-order valence-electron chi connectivity index (χ2n) is 5.58. The number of hydrogen-bond donors (Lipinski definition) is 3. The van der Waals surface area contributed by atoms with E-state index in [-0.39, 0.29) is 12.3 Å². The largest absolute Gasteiger partial charge is 0.481 e. The Morgan fingerprint density at radius 3 is 2.40 bits per heavy atom. The van der Waals surface area contributed by atoms with Crippen molar-refractivity contribution >= 4 is 11.9 Å². The maximum absolute atomic E-state index is 12.2. The molecule has 1 aliphatic carbocycles. The Hall–Kier alpha value is -1.88. The molecule has 0 spiro atoms. The Balaban J connectivity index is 2.03. The Morgan fingerprint density at radius 1 is 1.35 bits per heavy atom. The highest BCUT2D eigenvalue weighted by atomic mass is 16.4. The van der Waals surface area contributed by atoms with Gasteiger partial charge in [0.05, 0.1) is 12.0 Å². The van der Waals surface area contributed by atoms with Gasteiger partial charge in [-0.25, -0.2) is 0 Å². The maximum atomic E-state index is 12.2. The number of rotatable bonds is 5. The molecule has 1 atom stereocenters. The summed E-state index contributed by atoms with van der Waals surface area (Å²) in [5, 5.41) is 11.8. The van der Waals surface area contributed by atoms with E-state index in [1.54, 1.807) is 0 Å². The highest BCUT2D eigenvalue weighted by molar-refractivity contribution is 5.84. The molecule has 0 heterocycles. The number of carbonyl (C=O) groups excluding carboxylic acids is 1. The van der Waals surface area contributed by atoms with Gasteiger partial charge in [-0.1, -0.05) is 29.8 Å². The molecule has 5 nitrogen and oxygen atoms in total. The monoisotopic (exact) mass is 276 g/mol. The average Bonchev–Trinajstić information content (AvgIpc) is 2.35. The van der Waals surface area contributed by atoms with Gasteiger partial charge in [-0.05, 0) is 31.7 Å². The molecule has 108 valence electrons. The summed E-state index contributed by atoms with van der Waals surface area (Å²) in [4.78, 5) is 23.1. The fourth-order valence-electron chi connectivity index (χ4n) is 2.50. The number of carboxylic acids is 1. The van der Waals surface area contributed by atoms with Crippen molar-refractivity contribution in [3.63, 3.8) is 0 Å². The van der Waals surface area contributed by atoms with Crippen LogP contribution in [0.4, 0.5) is 0 Å². The van der Waals surface area contributed by atoms with Gasteiger partial charge < -0.3 is 16.2 Å². The quantitative estimate of drug-likeness (QED) is 0.760. The normalized spacial score (nSPS) is 17.9. The van der Waals surface area contributed by atoms with Crippen LogP contribution in [-0.4, -0.2) is 22.5 Å². The highest BCUT2D eigenvalue weighted by Crippen LogP contribution is 2.35. The number of nitrogens with one attached hydrogen (secondary N) is 1. The number of hydrogen-bond acceptors (Lipinski definition) is 3. The van der Waals surface area contributed by atoms with E-state index in [2.05, 4.69) is 5.32 Å². The Morgan fingerprint density at radius 2 is 1.95 bits per heavy atom. The third kappa shape index (κ3) is 3.17. The van der Waals surface area contributed by atoms with Gasteiger partial charge in [-0.15, -0.1) is 0 Å². The second kappa shape index (κ2) is 5.63. The summed E-state index contributed by atoms with van der Waals surface area (Å²) in [6, 6.07) is 6.69. The van der Waals surface area contributed by atoms with Crippen LogP contribution in [0.3, 0.4) is 0 Å². The van der Waals surface area contributed by atoms with Crippen molar-refractivity contribution in [2.45, 2.75) is 44.2 Å². The van der Waals surface area contributed by atoms with Crippen molar-refractivity contribution in [3.05, 3.63) is 35.4 Å². The van der Waals surface area contributed by atoms with Crippen LogP contribution in [0, 0.1) is 6.92 Å². The van der Waals surface area contributed by atoms with Crippen LogP contribution in [0.2, 0.25) is 0 Å². The predicted molar refractivity (Wildman–Crippen MR) is 75.1 cm³/mol. The SMILES string of the molecule is Cc1ccc(C(N)C(=O)NC2(CC(=O)O)CCC2)cc1. The van der Waals surface area contributed by atoms with Crippen molar-refractivity contribution in [2.75, 3.05) is 0 Å². The smallest absolute Gasteiger partial charge is 0.305 e. The van der Waals surface area contributed by atoms with Crippen molar-refractivity contribution in [3.8, 4) is 0 Å². The molecule has 1 aromatic carbocycles. The molecule has 0 saturated heterocycles. The van der Waals surface area contributed by atoms with Gasteiger partial charge in [0.15, 0.2) is 0 Å². The molecule has 1 aliphatic rings. The number of aliphatic carboxylic acids is 1. The first kappa shape index (κ1) is 14.5. The molecule has 1 fully saturated rings. The van der Waals surface area contributed by atoms with E-state index in [9.17, 15) is 9.59 Å². The first-order chi connectivity index (χ1) is 9.42. The van der Waals surface area contributed by atoms with E-state index >= 15 is 0 Å². The third-order valence-electron chi connectivity index (χ3n) is 3.91. The molecule has 1 saturated carbocycles. The summed E-state index contributed by atoms with van der Waals surface area (Å²) >= 11 is 0. The summed E-state index contributed by atoms with van der Waals surface area (Å²) < 4.78 is 0. The summed E-state index contributed by atoms with van der Waals surface area (Å²) in [5.41, 5.74) is 7.17. The van der Waals surface area contributed by atoms with Crippen LogP contribution < -0.4 is 11.1 Å². The second-order valence-corrected chi connectivity index (χ2v) is 5.58. The molecular weight excluding hydrogens is 256 g/mol. The van der Waals surface area contributed by atoms with Crippen molar-refractivity contribution in [1.82, 2.24) is 5.32 Å². The molecule has 0 aromatic heterocycles. The van der Waals surface area contributed by atoms with Crippen LogP contribution in [0.15, 0.2) is 24.3 Å². The summed E-state index contributed by atoms with van der Waals surface area (Å²) in [7, 11) is 0. The van der Waals surface area contributed by atoms with E-state index < -0.39 is 17.6 Å². The maximum Gasteiger partial charge on any atom is 0.305 e. The van der Waals surface area contributed by atoms with Crippen LogP contribution in [0.5, 0.6) is 0 Å². The Labute approximate surface area is 118 Å². The van der Waals surface area contributed by atoms with Gasteiger partial charge in [0, 0.05) is 0 Å². The first-order valence-electron chi connectivity index (χ1n) is 6.78. The molecule has 0 aliphatic heterocycles. The van der Waals surface area contributed by atoms with E-state index in [0.717, 1.165) is 17.5 Å². The summed E-state index contributed by atoms with van der Waals surface area (Å²) in [6.07, 6.45) is 2.30. The first-order valence-corrected chi connectivity index (χ1v) is 6.78. The lowest BCUT2D eigenvalue weighted by molar-refractivity contribution is -0.140. The molecule has 5 heteroatoms. The number of aryl methyl sites for hydroxylation is 1. The molecule has 1 unspecified atom stereocenters. The zero-order chi connectivity index (χ0) is 14.8. The van der Waals surface area contributed by atoms with Crippen LogP contribution >= 0.6 is 0 Å². The van der Waals surface area contributed by atoms with Gasteiger partial charge in [0.2, 0.25) is 5.91 Å². The van der Waals surface area contributed by atoms with E-state index in [4.69, 9.17) is 10.8 Å². The van der Waals surface area contributed by atoms with Gasteiger partial charge in [-0.2, -0.15) is 0 Å². The van der Waals surface area contributed by atoms with Gasteiger partial charge >= 0.3 is 5.97 Å². The molecule has 20 heavy (non-hydrogen) atoms. The lowest BCUT2D eigenvalue weighted by Gasteiger charge is -2.42. The minimum atomic E-state index is -0.895. The third-order valence-corrected chi connectivity index (χ3v) is 3.91.